The molecule has 0 atom stereocenters. The van der Waals surface area contributed by atoms with E-state index in [-0.39, 0.29) is 17.4 Å². The van der Waals surface area contributed by atoms with Crippen LogP contribution in [-0.4, -0.2) is 22.9 Å². The van der Waals surface area contributed by atoms with E-state index in [1.807, 2.05) is 51.1 Å². The summed E-state index contributed by atoms with van der Waals surface area (Å²) in [5.41, 5.74) is 3.76. The van der Waals surface area contributed by atoms with E-state index in [0.717, 1.165) is 22.4 Å². The number of allylic oxidation sites excluding steroid dienone is 1. The summed E-state index contributed by atoms with van der Waals surface area (Å²) >= 11 is 1.26. The van der Waals surface area contributed by atoms with E-state index >= 15 is 0 Å². The fourth-order valence-corrected chi connectivity index (χ4v) is 5.21. The van der Waals surface area contributed by atoms with Crippen molar-refractivity contribution >= 4 is 38.9 Å². The van der Waals surface area contributed by atoms with Gasteiger partial charge in [0.25, 0.3) is 11.5 Å². The number of pyridine rings is 1. The number of anilines is 1. The number of aromatic nitrogens is 1. The molecule has 0 bridgehead atoms. The minimum atomic E-state index is -0.253. The van der Waals surface area contributed by atoms with Crippen LogP contribution in [0.3, 0.4) is 0 Å². The number of para-hydroxylation sites is 1. The van der Waals surface area contributed by atoms with Crippen molar-refractivity contribution in [1.29, 1.82) is 0 Å². The Balaban J connectivity index is 1.95. The number of thiophene rings is 1. The number of ether oxygens (including phenoxy) is 1. The van der Waals surface area contributed by atoms with Gasteiger partial charge in [-0.15, -0.1) is 11.3 Å². The second kappa shape index (κ2) is 10.8. The lowest BCUT2D eigenvalue weighted by Gasteiger charge is -2.17. The van der Waals surface area contributed by atoms with Crippen molar-refractivity contribution in [2.45, 2.75) is 27.7 Å². The first-order valence-corrected chi connectivity index (χ1v) is 12.8. The summed E-state index contributed by atoms with van der Waals surface area (Å²) in [6.07, 6.45) is 4.86. The first kappa shape index (κ1) is 25.9. The van der Waals surface area contributed by atoms with Crippen molar-refractivity contribution in [3.8, 4) is 22.6 Å². The number of benzene rings is 2. The average Bonchev–Trinajstić information content (AvgIpc) is 3.31. The van der Waals surface area contributed by atoms with Crippen LogP contribution in [0.5, 0.6) is 11.5 Å². The number of aryl methyl sites for hydroxylation is 3. The van der Waals surface area contributed by atoms with Crippen molar-refractivity contribution < 1.29 is 14.3 Å². The van der Waals surface area contributed by atoms with Crippen molar-refractivity contribution in [3.63, 3.8) is 0 Å². The molecule has 190 valence electrons. The fraction of sp³-hybridized carbons (Fsp3) is 0.207. The summed E-state index contributed by atoms with van der Waals surface area (Å²) in [4.78, 5) is 38.3. The van der Waals surface area contributed by atoms with Crippen molar-refractivity contribution in [3.05, 3.63) is 87.2 Å². The van der Waals surface area contributed by atoms with Gasteiger partial charge in [0, 0.05) is 36.6 Å². The number of carbonyl (C=O) groups excluding carboxylic acids is 2. The van der Waals surface area contributed by atoms with Gasteiger partial charge in [-0.1, -0.05) is 24.3 Å². The molecule has 0 aliphatic rings. The lowest BCUT2D eigenvalue weighted by molar-refractivity contribution is -0.111. The third-order valence-corrected chi connectivity index (χ3v) is 7.05. The normalized spacial score (nSPS) is 11.2. The van der Waals surface area contributed by atoms with Crippen molar-refractivity contribution in [2.75, 3.05) is 11.9 Å². The van der Waals surface area contributed by atoms with Gasteiger partial charge in [0.15, 0.2) is 0 Å². The molecule has 8 heteroatoms. The number of nitrogens with one attached hydrogen (secondary N) is 2. The first-order valence-electron chi connectivity index (χ1n) is 12.0. The summed E-state index contributed by atoms with van der Waals surface area (Å²) in [5, 5.41) is 6.12. The average molecular weight is 516 g/mol. The Morgan fingerprint density at radius 1 is 1.08 bits per heavy atom. The SMILES string of the molecule is C/C=C/C(=O)Nc1ccc(Oc2c(C)cccc2C)c(-c2cn(C)c(=O)c3cc(C(=O)NCC)sc23)c1. The highest BCUT2D eigenvalue weighted by atomic mass is 32.1. The number of carbonyl (C=O) groups is 2. The summed E-state index contributed by atoms with van der Waals surface area (Å²) < 4.78 is 8.63. The second-order valence-corrected chi connectivity index (χ2v) is 9.75. The van der Waals surface area contributed by atoms with Gasteiger partial charge >= 0.3 is 0 Å². The molecule has 0 saturated heterocycles. The van der Waals surface area contributed by atoms with E-state index in [2.05, 4.69) is 10.6 Å². The molecule has 2 heterocycles. The maximum Gasteiger partial charge on any atom is 0.261 e. The largest absolute Gasteiger partial charge is 0.456 e. The molecule has 2 aromatic carbocycles. The van der Waals surface area contributed by atoms with E-state index in [9.17, 15) is 14.4 Å². The van der Waals surface area contributed by atoms with E-state index in [0.29, 0.717) is 38.5 Å². The zero-order valence-corrected chi connectivity index (χ0v) is 22.3. The Bertz CT molecular complexity index is 1580. The van der Waals surface area contributed by atoms with Crippen molar-refractivity contribution in [2.24, 2.45) is 7.05 Å². The maximum atomic E-state index is 13.0. The van der Waals surface area contributed by atoms with Crippen LogP contribution >= 0.6 is 11.3 Å². The van der Waals surface area contributed by atoms with Gasteiger partial charge in [-0.2, -0.15) is 0 Å². The molecule has 0 unspecified atom stereocenters. The lowest BCUT2D eigenvalue weighted by Crippen LogP contribution is -2.21. The van der Waals surface area contributed by atoms with Gasteiger partial charge in [-0.3, -0.25) is 14.4 Å². The molecule has 37 heavy (non-hydrogen) atoms. The summed E-state index contributed by atoms with van der Waals surface area (Å²) in [7, 11) is 1.68. The molecular weight excluding hydrogens is 486 g/mol. The molecule has 2 amide bonds. The van der Waals surface area contributed by atoms with Crippen LogP contribution in [0.15, 0.2) is 65.6 Å². The number of hydrogen-bond acceptors (Lipinski definition) is 5. The van der Waals surface area contributed by atoms with Gasteiger partial charge in [0.1, 0.15) is 11.5 Å². The van der Waals surface area contributed by atoms with Crippen LogP contribution in [0.2, 0.25) is 0 Å². The van der Waals surface area contributed by atoms with Crippen LogP contribution in [-0.2, 0) is 11.8 Å². The van der Waals surface area contributed by atoms with E-state index in [4.69, 9.17) is 4.74 Å². The predicted octanol–water partition coefficient (Wildman–Crippen LogP) is 5.94. The van der Waals surface area contributed by atoms with Crippen LogP contribution < -0.4 is 20.9 Å². The Morgan fingerprint density at radius 3 is 2.49 bits per heavy atom. The minimum absolute atomic E-state index is 0.194. The lowest BCUT2D eigenvalue weighted by atomic mass is 10.0. The van der Waals surface area contributed by atoms with Crippen LogP contribution in [0.1, 0.15) is 34.6 Å². The Labute approximate surface area is 219 Å². The third-order valence-electron chi connectivity index (χ3n) is 5.89. The Hall–Kier alpha value is -4.17. The minimum Gasteiger partial charge on any atom is -0.456 e. The van der Waals surface area contributed by atoms with E-state index in [1.54, 1.807) is 38.4 Å². The van der Waals surface area contributed by atoms with Crippen LogP contribution in [0.4, 0.5) is 5.69 Å². The molecule has 4 aromatic rings. The summed E-state index contributed by atoms with van der Waals surface area (Å²) in [6.45, 7) is 8.07. The maximum absolute atomic E-state index is 13.0. The smallest absolute Gasteiger partial charge is 0.261 e. The number of hydrogen-bond donors (Lipinski definition) is 2. The van der Waals surface area contributed by atoms with Crippen LogP contribution in [0, 0.1) is 13.8 Å². The Kier molecular flexibility index (Phi) is 7.59. The molecule has 0 aliphatic carbocycles. The molecule has 0 saturated carbocycles. The standard InChI is InChI=1S/C29H29N3O4S/c1-6-9-25(33)31-19-12-13-23(36-26-17(3)10-8-11-18(26)4)20(14-19)22-16-32(5)29(35)21-15-24(37-27(21)22)28(34)30-7-2/h6,8-16H,7H2,1-5H3,(H,30,34)(H,31,33)/b9-6+. The molecule has 0 fully saturated rings. The van der Waals surface area contributed by atoms with Crippen molar-refractivity contribution in [1.82, 2.24) is 9.88 Å². The topological polar surface area (TPSA) is 89.4 Å². The summed E-state index contributed by atoms with van der Waals surface area (Å²) in [5.74, 6) is 0.826. The van der Waals surface area contributed by atoms with Gasteiger partial charge in [-0.05, 0) is 69.2 Å². The molecule has 2 aromatic heterocycles. The molecule has 0 spiro atoms. The van der Waals surface area contributed by atoms with Gasteiger partial charge in [-0.25, -0.2) is 0 Å². The molecule has 0 radical (unpaired) electrons. The van der Waals surface area contributed by atoms with Crippen LogP contribution in [0.25, 0.3) is 21.2 Å². The highest BCUT2D eigenvalue weighted by Crippen LogP contribution is 2.41. The molecule has 2 N–H and O–H groups in total. The summed E-state index contributed by atoms with van der Waals surface area (Å²) in [6, 6.07) is 13.0. The van der Waals surface area contributed by atoms with Gasteiger partial charge in [0.05, 0.1) is 15.0 Å². The van der Waals surface area contributed by atoms with E-state index < -0.39 is 0 Å². The second-order valence-electron chi connectivity index (χ2n) is 8.69. The number of rotatable bonds is 7. The number of fused-ring (bicyclic) bond motifs is 1. The monoisotopic (exact) mass is 515 g/mol. The third kappa shape index (κ3) is 5.34. The quantitative estimate of drug-likeness (QED) is 0.298. The molecule has 4 rings (SSSR count). The highest BCUT2D eigenvalue weighted by molar-refractivity contribution is 7.21. The Morgan fingerprint density at radius 2 is 1.81 bits per heavy atom. The molecule has 0 aliphatic heterocycles. The predicted molar refractivity (Wildman–Crippen MR) is 150 cm³/mol. The highest BCUT2D eigenvalue weighted by Gasteiger charge is 2.20. The first-order chi connectivity index (χ1) is 17.7. The zero-order chi connectivity index (χ0) is 26.7. The van der Waals surface area contributed by atoms with E-state index in [1.165, 1.54) is 22.0 Å². The zero-order valence-electron chi connectivity index (χ0n) is 21.5. The number of amides is 2. The molecular formula is C29H29N3O4S. The van der Waals surface area contributed by atoms with Gasteiger partial charge < -0.3 is 19.9 Å². The number of nitrogens with zero attached hydrogens (tertiary/aromatic N) is 1. The molecule has 7 nitrogen and oxygen atoms in total. The van der Waals surface area contributed by atoms with Gasteiger partial charge in [0.2, 0.25) is 5.91 Å². The fourth-order valence-electron chi connectivity index (χ4n) is 4.11.